The van der Waals surface area contributed by atoms with Gasteiger partial charge in [-0.25, -0.2) is 0 Å². The fraction of sp³-hybridized carbons (Fsp3) is 0.556. The first kappa shape index (κ1) is 20.6. The van der Waals surface area contributed by atoms with Crippen molar-refractivity contribution >= 4 is 18.1 Å². The molecule has 3 atom stereocenters. The summed E-state index contributed by atoms with van der Waals surface area (Å²) in [5.41, 5.74) is 0.460. The van der Waals surface area contributed by atoms with Crippen molar-refractivity contribution in [2.75, 3.05) is 13.2 Å². The monoisotopic (exact) mass is 379 g/mol. The van der Waals surface area contributed by atoms with Gasteiger partial charge in [0.1, 0.15) is 18.6 Å². The summed E-state index contributed by atoms with van der Waals surface area (Å²) < 4.78 is 10.3. The van der Waals surface area contributed by atoms with Gasteiger partial charge in [-0.1, -0.05) is 20.4 Å². The lowest BCUT2D eigenvalue weighted by Crippen LogP contribution is -2.47. The van der Waals surface area contributed by atoms with Crippen LogP contribution in [-0.4, -0.2) is 58.6 Å². The van der Waals surface area contributed by atoms with E-state index in [4.69, 9.17) is 9.26 Å². The van der Waals surface area contributed by atoms with Gasteiger partial charge in [-0.2, -0.15) is 0 Å². The SMILES string of the molecule is C=C(C)NC(=O)[C@@H]1C[C@@H](O)CN1C(=O)[C@@H](c1cc(OCC=O)no1)C(C)C. The fourth-order valence-electron chi connectivity index (χ4n) is 3.12. The number of aromatic nitrogens is 1. The predicted molar refractivity (Wildman–Crippen MR) is 94.7 cm³/mol. The third-order valence-corrected chi connectivity index (χ3v) is 4.25. The van der Waals surface area contributed by atoms with E-state index in [1.54, 1.807) is 6.92 Å². The van der Waals surface area contributed by atoms with Crippen molar-refractivity contribution in [1.82, 2.24) is 15.4 Å². The number of aliphatic hydroxyl groups is 1. The van der Waals surface area contributed by atoms with Gasteiger partial charge in [0.05, 0.1) is 6.10 Å². The summed E-state index contributed by atoms with van der Waals surface area (Å²) in [6.07, 6.45) is -0.0563. The second-order valence-electron chi connectivity index (χ2n) is 6.93. The Morgan fingerprint density at radius 2 is 2.26 bits per heavy atom. The van der Waals surface area contributed by atoms with E-state index < -0.39 is 18.1 Å². The second-order valence-corrected chi connectivity index (χ2v) is 6.93. The number of allylic oxidation sites excluding steroid dienone is 1. The lowest BCUT2D eigenvalue weighted by molar-refractivity contribution is -0.140. The molecule has 1 fully saturated rings. The van der Waals surface area contributed by atoms with Crippen molar-refractivity contribution in [2.24, 2.45) is 5.92 Å². The van der Waals surface area contributed by atoms with Crippen molar-refractivity contribution in [3.05, 3.63) is 24.1 Å². The molecule has 2 amide bonds. The summed E-state index contributed by atoms with van der Waals surface area (Å²) in [5.74, 6) is -1.22. The number of hydrogen-bond donors (Lipinski definition) is 2. The van der Waals surface area contributed by atoms with Crippen LogP contribution in [0.15, 0.2) is 22.9 Å². The van der Waals surface area contributed by atoms with Gasteiger partial charge in [0.15, 0.2) is 12.0 Å². The van der Waals surface area contributed by atoms with Crippen molar-refractivity contribution < 1.29 is 28.8 Å². The minimum Gasteiger partial charge on any atom is -0.468 e. The van der Waals surface area contributed by atoms with E-state index in [0.717, 1.165) is 0 Å². The summed E-state index contributed by atoms with van der Waals surface area (Å²) in [6, 6.07) is 0.667. The minimum absolute atomic E-state index is 0.0545. The van der Waals surface area contributed by atoms with Gasteiger partial charge in [-0.15, -0.1) is 0 Å². The Hall–Kier alpha value is -2.68. The number of hydrogen-bond acceptors (Lipinski definition) is 7. The first-order valence-corrected chi connectivity index (χ1v) is 8.72. The van der Waals surface area contributed by atoms with E-state index in [0.29, 0.717) is 12.0 Å². The second kappa shape index (κ2) is 8.81. The van der Waals surface area contributed by atoms with Gasteiger partial charge in [0.25, 0.3) is 5.88 Å². The average Bonchev–Trinajstić information content (AvgIpc) is 3.18. The van der Waals surface area contributed by atoms with Crippen LogP contribution in [0, 0.1) is 5.92 Å². The molecule has 1 aliphatic rings. The molecule has 9 heteroatoms. The highest BCUT2D eigenvalue weighted by Crippen LogP contribution is 2.32. The van der Waals surface area contributed by atoms with E-state index >= 15 is 0 Å². The number of nitrogens with one attached hydrogen (secondary N) is 1. The molecule has 2 N–H and O–H groups in total. The van der Waals surface area contributed by atoms with Gasteiger partial charge in [-0.05, 0) is 18.0 Å². The molecule has 1 saturated heterocycles. The Labute approximate surface area is 157 Å². The zero-order valence-corrected chi connectivity index (χ0v) is 15.7. The Balaban J connectivity index is 2.24. The number of aldehydes is 1. The molecule has 1 aliphatic heterocycles. The topological polar surface area (TPSA) is 122 Å². The molecule has 0 bridgehead atoms. The number of amides is 2. The molecule has 1 aromatic rings. The van der Waals surface area contributed by atoms with Crippen LogP contribution in [0.25, 0.3) is 0 Å². The summed E-state index contributed by atoms with van der Waals surface area (Å²) in [4.78, 5) is 37.4. The average molecular weight is 379 g/mol. The molecule has 0 radical (unpaired) electrons. The number of carbonyl (C=O) groups is 3. The van der Waals surface area contributed by atoms with Crippen LogP contribution in [0.1, 0.15) is 38.9 Å². The van der Waals surface area contributed by atoms with Crippen LogP contribution in [0.5, 0.6) is 5.88 Å². The number of ether oxygens (including phenoxy) is 1. The number of likely N-dealkylation sites (tertiary alicyclic amines) is 1. The lowest BCUT2D eigenvalue weighted by atomic mass is 9.91. The zero-order valence-electron chi connectivity index (χ0n) is 15.7. The number of β-amino-alcohol motifs (C(OH)–C–C–N with tert-alkyl or cyclic N) is 1. The highest BCUT2D eigenvalue weighted by Gasteiger charge is 2.43. The first-order chi connectivity index (χ1) is 12.7. The van der Waals surface area contributed by atoms with E-state index in [1.807, 2.05) is 13.8 Å². The maximum absolute atomic E-state index is 13.2. The number of nitrogens with zero attached hydrogens (tertiary/aromatic N) is 2. The summed E-state index contributed by atoms with van der Waals surface area (Å²) >= 11 is 0. The molecule has 0 saturated carbocycles. The summed E-state index contributed by atoms with van der Waals surface area (Å²) in [7, 11) is 0. The molecule has 0 unspecified atom stereocenters. The molecular weight excluding hydrogens is 354 g/mol. The molecule has 9 nitrogen and oxygen atoms in total. The van der Waals surface area contributed by atoms with Crippen molar-refractivity contribution in [3.8, 4) is 5.88 Å². The first-order valence-electron chi connectivity index (χ1n) is 8.72. The fourth-order valence-corrected chi connectivity index (χ4v) is 3.12. The normalized spacial score (nSPS) is 20.4. The third-order valence-electron chi connectivity index (χ3n) is 4.25. The maximum atomic E-state index is 13.2. The molecule has 27 heavy (non-hydrogen) atoms. The van der Waals surface area contributed by atoms with Crippen LogP contribution in [0.2, 0.25) is 0 Å². The highest BCUT2D eigenvalue weighted by molar-refractivity contribution is 5.91. The van der Waals surface area contributed by atoms with Gasteiger partial charge in [0.2, 0.25) is 11.8 Å². The Kier molecular flexibility index (Phi) is 6.73. The Morgan fingerprint density at radius 3 is 2.85 bits per heavy atom. The largest absolute Gasteiger partial charge is 0.468 e. The molecule has 148 valence electrons. The third kappa shape index (κ3) is 4.94. The van der Waals surface area contributed by atoms with Crippen LogP contribution >= 0.6 is 0 Å². The molecule has 2 rings (SSSR count). The maximum Gasteiger partial charge on any atom is 0.254 e. The van der Waals surface area contributed by atoms with Crippen LogP contribution in [0.3, 0.4) is 0 Å². The van der Waals surface area contributed by atoms with Gasteiger partial charge in [-0.3, -0.25) is 14.4 Å². The number of rotatable bonds is 8. The van der Waals surface area contributed by atoms with Crippen molar-refractivity contribution in [1.29, 1.82) is 0 Å². The lowest BCUT2D eigenvalue weighted by Gasteiger charge is -2.28. The van der Waals surface area contributed by atoms with Crippen molar-refractivity contribution in [3.63, 3.8) is 0 Å². The zero-order chi connectivity index (χ0) is 20.1. The molecule has 0 aliphatic carbocycles. The smallest absolute Gasteiger partial charge is 0.254 e. The van der Waals surface area contributed by atoms with Gasteiger partial charge >= 0.3 is 0 Å². The van der Waals surface area contributed by atoms with E-state index in [-0.39, 0.29) is 48.9 Å². The molecule has 0 aromatic carbocycles. The van der Waals surface area contributed by atoms with E-state index in [1.165, 1.54) is 11.0 Å². The Bertz CT molecular complexity index is 714. The standard InChI is InChI=1S/C18H25N3O6/c1-10(2)16(14-8-15(20-27-14)26-6-5-22)18(25)21-9-12(23)7-13(21)17(24)19-11(3)4/h5,8,10,12-13,16,23H,3,6-7,9H2,1-2,4H3,(H,19,24)/t12-,13+,16-/m1/s1. The molecule has 1 aromatic heterocycles. The van der Waals surface area contributed by atoms with Gasteiger partial charge in [0, 0.05) is 24.7 Å². The Morgan fingerprint density at radius 1 is 1.56 bits per heavy atom. The van der Waals surface area contributed by atoms with Crippen LogP contribution < -0.4 is 10.1 Å². The number of carbonyl (C=O) groups excluding carboxylic acids is 3. The van der Waals surface area contributed by atoms with E-state index in [2.05, 4.69) is 17.1 Å². The van der Waals surface area contributed by atoms with Crippen LogP contribution in [-0.2, 0) is 14.4 Å². The number of aliphatic hydroxyl groups excluding tert-OH is 1. The van der Waals surface area contributed by atoms with Crippen molar-refractivity contribution in [2.45, 2.75) is 45.3 Å². The minimum atomic E-state index is -0.792. The van der Waals surface area contributed by atoms with Crippen LogP contribution in [0.4, 0.5) is 0 Å². The summed E-state index contributed by atoms with van der Waals surface area (Å²) in [5, 5.41) is 16.3. The highest BCUT2D eigenvalue weighted by atomic mass is 16.5. The molecular formula is C18H25N3O6. The quantitative estimate of drug-likeness (QED) is 0.634. The summed E-state index contributed by atoms with van der Waals surface area (Å²) in [6.45, 7) is 8.84. The van der Waals surface area contributed by atoms with Gasteiger partial charge < -0.3 is 24.6 Å². The molecule has 0 spiro atoms. The molecule has 2 heterocycles. The van der Waals surface area contributed by atoms with E-state index in [9.17, 15) is 19.5 Å². The predicted octanol–water partition coefficient (Wildman–Crippen LogP) is 0.603.